The number of rotatable bonds is 7. The van der Waals surface area contributed by atoms with Crippen molar-refractivity contribution in [3.05, 3.63) is 22.8 Å². The lowest BCUT2D eigenvalue weighted by Crippen LogP contribution is -2.45. The summed E-state index contributed by atoms with van der Waals surface area (Å²) < 4.78 is 4.96. The molecule has 0 amide bonds. The monoisotopic (exact) mass is 404 g/mol. The lowest BCUT2D eigenvalue weighted by atomic mass is 9.50. The van der Waals surface area contributed by atoms with Crippen molar-refractivity contribution < 1.29 is 19.7 Å². The maximum atomic E-state index is 11.3. The maximum Gasteiger partial charge on any atom is 0.306 e. The molecule has 0 aromatic rings. The summed E-state index contributed by atoms with van der Waals surface area (Å²) in [7, 11) is 0. The van der Waals surface area contributed by atoms with E-state index in [-0.39, 0.29) is 23.9 Å². The average Bonchev–Trinajstić information content (AvgIpc) is 3.09. The van der Waals surface area contributed by atoms with Crippen LogP contribution in [0.15, 0.2) is 22.8 Å². The smallest absolute Gasteiger partial charge is 0.306 e. The van der Waals surface area contributed by atoms with Gasteiger partial charge in [-0.15, -0.1) is 0 Å². The fourth-order valence-electron chi connectivity index (χ4n) is 6.48. The minimum Gasteiger partial charge on any atom is -0.465 e. The number of esters is 1. The minimum absolute atomic E-state index is 0.0325. The second kappa shape index (κ2) is 8.93. The van der Waals surface area contributed by atoms with E-state index in [1.165, 1.54) is 32.1 Å². The Hall–Kier alpha value is -1.13. The highest BCUT2D eigenvalue weighted by Crippen LogP contribution is 2.60. The van der Waals surface area contributed by atoms with Crippen LogP contribution in [0.5, 0.6) is 0 Å². The Labute approximate surface area is 176 Å². The van der Waals surface area contributed by atoms with Gasteiger partial charge in [-0.25, -0.2) is 0 Å². The molecule has 0 radical (unpaired) electrons. The van der Waals surface area contributed by atoms with Gasteiger partial charge in [-0.05, 0) is 74.2 Å². The van der Waals surface area contributed by atoms with Gasteiger partial charge < -0.3 is 14.9 Å². The van der Waals surface area contributed by atoms with E-state index >= 15 is 0 Å². The number of aliphatic hydroxyl groups excluding tert-OH is 2. The van der Waals surface area contributed by atoms with Gasteiger partial charge in [0, 0.05) is 5.92 Å². The van der Waals surface area contributed by atoms with E-state index < -0.39 is 6.10 Å². The molecule has 2 N–H and O–H groups in total. The van der Waals surface area contributed by atoms with Gasteiger partial charge in [0.2, 0.25) is 0 Å². The van der Waals surface area contributed by atoms with Crippen molar-refractivity contribution >= 4 is 5.97 Å². The largest absolute Gasteiger partial charge is 0.465 e. The van der Waals surface area contributed by atoms with E-state index in [0.717, 1.165) is 24.3 Å². The predicted molar refractivity (Wildman–Crippen MR) is 115 cm³/mol. The first kappa shape index (κ1) is 22.6. The molecule has 2 fully saturated rings. The number of hydrogen-bond donors (Lipinski definition) is 2. The third-order valence-electron chi connectivity index (χ3n) is 8.22. The van der Waals surface area contributed by atoms with Gasteiger partial charge in [-0.1, -0.05) is 44.4 Å². The van der Waals surface area contributed by atoms with Crippen LogP contribution >= 0.6 is 0 Å². The van der Waals surface area contributed by atoms with Crippen molar-refractivity contribution in [2.45, 2.75) is 91.6 Å². The molecule has 4 atom stereocenters. The van der Waals surface area contributed by atoms with E-state index in [0.29, 0.717) is 24.9 Å². The van der Waals surface area contributed by atoms with Crippen molar-refractivity contribution in [1.82, 2.24) is 0 Å². The normalized spacial score (nSPS) is 33.4. The first-order chi connectivity index (χ1) is 13.7. The molecule has 4 heteroatoms. The fraction of sp³-hybridized carbons (Fsp3) is 0.800. The van der Waals surface area contributed by atoms with E-state index in [9.17, 15) is 15.0 Å². The van der Waals surface area contributed by atoms with E-state index in [1.807, 2.05) is 6.08 Å². The zero-order valence-electron chi connectivity index (χ0n) is 18.8. The van der Waals surface area contributed by atoms with Gasteiger partial charge in [0.15, 0.2) is 0 Å². The summed E-state index contributed by atoms with van der Waals surface area (Å²) in [6.45, 7) is 10.0. The maximum absolute atomic E-state index is 11.3. The molecule has 0 spiro atoms. The zero-order chi connectivity index (χ0) is 21.2. The van der Waals surface area contributed by atoms with E-state index in [2.05, 4.69) is 27.7 Å². The van der Waals surface area contributed by atoms with Gasteiger partial charge in [-0.2, -0.15) is 0 Å². The Morgan fingerprint density at radius 1 is 1.31 bits per heavy atom. The summed E-state index contributed by atoms with van der Waals surface area (Å²) in [5, 5.41) is 20.2. The summed E-state index contributed by atoms with van der Waals surface area (Å²) >= 11 is 0. The van der Waals surface area contributed by atoms with Gasteiger partial charge in [0.05, 0.1) is 25.7 Å². The van der Waals surface area contributed by atoms with Gasteiger partial charge in [-0.3, -0.25) is 4.79 Å². The van der Waals surface area contributed by atoms with Crippen LogP contribution in [0.3, 0.4) is 0 Å². The number of cyclic esters (lactones) is 1. The zero-order valence-corrected chi connectivity index (χ0v) is 18.8. The van der Waals surface area contributed by atoms with Crippen molar-refractivity contribution in [3.8, 4) is 0 Å². The molecule has 164 valence electrons. The molecule has 0 aromatic carbocycles. The number of hydrogen-bond acceptors (Lipinski definition) is 4. The molecule has 29 heavy (non-hydrogen) atoms. The van der Waals surface area contributed by atoms with Gasteiger partial charge >= 0.3 is 5.97 Å². The third kappa shape index (κ3) is 4.80. The predicted octanol–water partition coefficient (Wildman–Crippen LogP) is 4.94. The Bertz CT molecular complexity index is 674. The molecule has 2 aliphatic carbocycles. The molecule has 0 bridgehead atoms. The highest BCUT2D eigenvalue weighted by molar-refractivity contribution is 5.71. The fourth-order valence-corrected chi connectivity index (χ4v) is 6.48. The Morgan fingerprint density at radius 2 is 2.07 bits per heavy atom. The van der Waals surface area contributed by atoms with Gasteiger partial charge in [0.1, 0.15) is 0 Å². The number of ether oxygens (including phenoxy) is 1. The Morgan fingerprint density at radius 3 is 2.72 bits per heavy atom. The van der Waals surface area contributed by atoms with Crippen molar-refractivity contribution in [3.63, 3.8) is 0 Å². The van der Waals surface area contributed by atoms with E-state index in [4.69, 9.17) is 4.74 Å². The molecule has 3 rings (SSSR count). The standard InChI is InChI=1S/C25H40O4/c1-17-6-11-22-24(2,3)12-5-13-25(22,4)20(17)9-7-18(15-26)8-10-21(27)19-14-23(28)29-16-19/h8,19,21-22,26-27H,5-7,9-16H2,1-4H3/b18-8-/t19-,21+,22+,25+/m0/s1. The van der Waals surface area contributed by atoms with Gasteiger partial charge in [0.25, 0.3) is 0 Å². The van der Waals surface area contributed by atoms with Crippen molar-refractivity contribution in [2.24, 2.45) is 22.7 Å². The van der Waals surface area contributed by atoms with Crippen LogP contribution in [0, 0.1) is 22.7 Å². The van der Waals surface area contributed by atoms with Crippen LogP contribution in [0.2, 0.25) is 0 Å². The first-order valence-electron chi connectivity index (χ1n) is 11.5. The van der Waals surface area contributed by atoms with Crippen LogP contribution in [0.4, 0.5) is 0 Å². The molecule has 4 nitrogen and oxygen atoms in total. The molecule has 1 aliphatic heterocycles. The number of aliphatic hydroxyl groups is 2. The molecule has 3 aliphatic rings. The lowest BCUT2D eigenvalue weighted by molar-refractivity contribution is -0.137. The minimum atomic E-state index is -0.584. The number of fused-ring (bicyclic) bond motifs is 1. The van der Waals surface area contributed by atoms with Crippen molar-refractivity contribution in [2.75, 3.05) is 13.2 Å². The van der Waals surface area contributed by atoms with Crippen LogP contribution in [0.25, 0.3) is 0 Å². The van der Waals surface area contributed by atoms with E-state index in [1.54, 1.807) is 11.1 Å². The number of allylic oxidation sites excluding steroid dienone is 2. The highest BCUT2D eigenvalue weighted by atomic mass is 16.5. The summed E-state index contributed by atoms with van der Waals surface area (Å²) in [6, 6.07) is 0. The third-order valence-corrected chi connectivity index (χ3v) is 8.22. The summed E-state index contributed by atoms with van der Waals surface area (Å²) in [5.74, 6) is 0.398. The molecule has 1 heterocycles. The first-order valence-corrected chi connectivity index (χ1v) is 11.5. The Balaban J connectivity index is 1.65. The second-order valence-electron chi connectivity index (χ2n) is 10.6. The summed E-state index contributed by atoms with van der Waals surface area (Å²) in [6.07, 6.45) is 10.4. The SMILES string of the molecule is CC1=C(CC/C(=C/C[C@@H](O)[C@@H]2COC(=O)C2)CO)[C@@]2(C)CCCC(C)(C)[C@H]2CC1. The summed E-state index contributed by atoms with van der Waals surface area (Å²) in [5.41, 5.74) is 4.86. The molecule has 0 aromatic heterocycles. The van der Waals surface area contributed by atoms with Crippen LogP contribution in [-0.2, 0) is 9.53 Å². The second-order valence-corrected chi connectivity index (χ2v) is 10.6. The van der Waals surface area contributed by atoms with Crippen LogP contribution < -0.4 is 0 Å². The van der Waals surface area contributed by atoms with Crippen LogP contribution in [0.1, 0.15) is 85.5 Å². The molecule has 0 unspecified atom stereocenters. The topological polar surface area (TPSA) is 66.8 Å². The van der Waals surface area contributed by atoms with Crippen LogP contribution in [-0.4, -0.2) is 35.5 Å². The molecular formula is C25H40O4. The Kier molecular flexibility index (Phi) is 6.95. The average molecular weight is 405 g/mol. The summed E-state index contributed by atoms with van der Waals surface area (Å²) in [4.78, 5) is 11.3. The number of carbonyl (C=O) groups excluding carboxylic acids is 1. The molecule has 1 saturated heterocycles. The number of carbonyl (C=O) groups is 1. The lowest BCUT2D eigenvalue weighted by Gasteiger charge is -2.55. The highest BCUT2D eigenvalue weighted by Gasteiger charge is 2.49. The molecular weight excluding hydrogens is 364 g/mol. The quantitative estimate of drug-likeness (QED) is 0.466. The van der Waals surface area contributed by atoms with Crippen molar-refractivity contribution in [1.29, 1.82) is 0 Å². The molecule has 1 saturated carbocycles.